The fourth-order valence-electron chi connectivity index (χ4n) is 3.32. The highest BCUT2D eigenvalue weighted by atomic mass is 32.1. The highest BCUT2D eigenvalue weighted by Gasteiger charge is 2.41. The second kappa shape index (κ2) is 8.67. The smallest absolute Gasteiger partial charge is 0.290 e. The lowest BCUT2D eigenvalue weighted by Gasteiger charge is -2.40. The van der Waals surface area contributed by atoms with E-state index >= 15 is 0 Å². The Bertz CT molecular complexity index is 941. The van der Waals surface area contributed by atoms with Crippen LogP contribution >= 0.6 is 11.5 Å². The van der Waals surface area contributed by atoms with E-state index in [9.17, 15) is 4.79 Å². The molecule has 2 aromatic carbocycles. The molecule has 0 unspecified atom stereocenters. The molecule has 7 heteroatoms. The summed E-state index contributed by atoms with van der Waals surface area (Å²) < 4.78 is 9.88. The molecule has 0 bridgehead atoms. The Kier molecular flexibility index (Phi) is 6.06. The van der Waals surface area contributed by atoms with Crippen molar-refractivity contribution in [2.45, 2.75) is 18.9 Å². The Morgan fingerprint density at radius 3 is 2.61 bits per heavy atom. The van der Waals surface area contributed by atoms with E-state index < -0.39 is 5.54 Å². The zero-order chi connectivity index (χ0) is 20.0. The van der Waals surface area contributed by atoms with E-state index in [1.54, 1.807) is 12.3 Å². The summed E-state index contributed by atoms with van der Waals surface area (Å²) in [5.41, 5.74) is 2.63. The molecular formula is C21H20N2O4S. The Morgan fingerprint density at radius 1 is 1.21 bits per heavy atom. The molecule has 1 atom stereocenters. The topological polar surface area (TPSA) is 88.5 Å². The highest BCUT2D eigenvalue weighted by molar-refractivity contribution is 7.08. The van der Waals surface area contributed by atoms with E-state index in [0.717, 1.165) is 16.9 Å². The van der Waals surface area contributed by atoms with Crippen LogP contribution in [0.5, 0.6) is 5.75 Å². The number of nitrogens with zero attached hydrogens (tertiary/aromatic N) is 1. The van der Waals surface area contributed by atoms with Gasteiger partial charge in [0.15, 0.2) is 0 Å². The molecule has 0 saturated heterocycles. The number of nitrogens with one attached hydrogen (secondary N) is 1. The number of carbonyl (C=O) groups excluding carboxylic acids is 1. The summed E-state index contributed by atoms with van der Waals surface area (Å²) in [7, 11) is 0. The molecule has 0 aliphatic carbocycles. The number of carboxylic acid groups (broad SMARTS) is 1. The number of para-hydroxylation sites is 1. The third kappa shape index (κ3) is 3.89. The van der Waals surface area contributed by atoms with Crippen molar-refractivity contribution < 1.29 is 19.4 Å². The van der Waals surface area contributed by atoms with Gasteiger partial charge in [-0.05, 0) is 36.2 Å². The molecule has 28 heavy (non-hydrogen) atoms. The number of aromatic nitrogens is 1. The Morgan fingerprint density at radius 2 is 1.93 bits per heavy atom. The number of ether oxygens (including phenoxy) is 1. The van der Waals surface area contributed by atoms with Crippen LogP contribution in [-0.2, 0) is 10.3 Å². The fourth-order valence-corrected chi connectivity index (χ4v) is 3.81. The maximum Gasteiger partial charge on any atom is 0.290 e. The lowest BCUT2D eigenvalue weighted by atomic mass is 9.78. The van der Waals surface area contributed by atoms with E-state index in [1.165, 1.54) is 17.1 Å². The van der Waals surface area contributed by atoms with Crippen LogP contribution in [0.25, 0.3) is 0 Å². The van der Waals surface area contributed by atoms with Crippen LogP contribution in [0.15, 0.2) is 60.8 Å². The number of benzene rings is 2. The third-order valence-electron chi connectivity index (χ3n) is 4.61. The molecule has 144 valence electrons. The van der Waals surface area contributed by atoms with Crippen molar-refractivity contribution in [1.29, 1.82) is 0 Å². The van der Waals surface area contributed by atoms with Gasteiger partial charge in [0, 0.05) is 18.2 Å². The standard InChI is InChI=1S/C20H18N2O2S.CH2O2/c1-14-6-8-15(9-7-14)20(22-19(23)18-10-12-21-25-18)11-13-24-17-5-3-2-4-16(17)20;2-1-3/h2-10,12H,11,13H2,1H3,(H,22,23);1H,(H,2,3)/t20-;/m0./s1. The average Bonchev–Trinajstić information content (AvgIpc) is 3.24. The summed E-state index contributed by atoms with van der Waals surface area (Å²) in [5, 5.41) is 10.2. The predicted molar refractivity (Wildman–Crippen MR) is 107 cm³/mol. The predicted octanol–water partition coefficient (Wildman–Crippen LogP) is 3.61. The number of hydrogen-bond acceptors (Lipinski definition) is 5. The Hall–Kier alpha value is -3.19. The molecule has 0 spiro atoms. The molecule has 0 radical (unpaired) electrons. The molecule has 0 saturated carbocycles. The van der Waals surface area contributed by atoms with E-state index in [-0.39, 0.29) is 12.4 Å². The minimum Gasteiger partial charge on any atom is -0.493 e. The molecule has 0 fully saturated rings. The average molecular weight is 396 g/mol. The number of hydrogen-bond donors (Lipinski definition) is 2. The largest absolute Gasteiger partial charge is 0.493 e. The molecular weight excluding hydrogens is 376 g/mol. The first kappa shape index (κ1) is 19.6. The molecule has 2 N–H and O–H groups in total. The highest BCUT2D eigenvalue weighted by Crippen LogP contribution is 2.42. The summed E-state index contributed by atoms with van der Waals surface area (Å²) in [5.74, 6) is 0.707. The number of amides is 1. The van der Waals surface area contributed by atoms with Crippen LogP contribution in [0.1, 0.15) is 32.8 Å². The first-order chi connectivity index (χ1) is 13.6. The molecule has 1 aliphatic heterocycles. The van der Waals surface area contributed by atoms with Gasteiger partial charge in [0.25, 0.3) is 12.4 Å². The van der Waals surface area contributed by atoms with Gasteiger partial charge in [-0.1, -0.05) is 48.0 Å². The molecule has 2 heterocycles. The molecule has 1 aliphatic rings. The SMILES string of the molecule is Cc1ccc([C@@]2(NC(=O)c3ccns3)CCOc3ccccc32)cc1.O=CO. The van der Waals surface area contributed by atoms with Gasteiger partial charge in [0.2, 0.25) is 0 Å². The molecule has 1 aromatic heterocycles. The first-order valence-electron chi connectivity index (χ1n) is 8.71. The number of fused-ring (bicyclic) bond motifs is 1. The minimum absolute atomic E-state index is 0.111. The summed E-state index contributed by atoms with van der Waals surface area (Å²) >= 11 is 1.20. The zero-order valence-electron chi connectivity index (χ0n) is 15.3. The summed E-state index contributed by atoms with van der Waals surface area (Å²) in [6.45, 7) is 2.36. The van der Waals surface area contributed by atoms with Gasteiger partial charge in [0.05, 0.1) is 12.1 Å². The third-order valence-corrected chi connectivity index (χ3v) is 5.36. The van der Waals surface area contributed by atoms with Gasteiger partial charge in [-0.15, -0.1) is 0 Å². The summed E-state index contributed by atoms with van der Waals surface area (Å²) in [6, 6.07) is 18.0. The number of aryl methyl sites for hydroxylation is 1. The molecule has 6 nitrogen and oxygen atoms in total. The second-order valence-electron chi connectivity index (χ2n) is 6.30. The van der Waals surface area contributed by atoms with Crippen LogP contribution in [0.3, 0.4) is 0 Å². The van der Waals surface area contributed by atoms with Crippen LogP contribution in [0, 0.1) is 6.92 Å². The van der Waals surface area contributed by atoms with Crippen molar-refractivity contribution in [2.24, 2.45) is 0 Å². The van der Waals surface area contributed by atoms with Crippen LogP contribution < -0.4 is 10.1 Å². The summed E-state index contributed by atoms with van der Waals surface area (Å²) in [4.78, 5) is 21.8. The quantitative estimate of drug-likeness (QED) is 0.660. The first-order valence-corrected chi connectivity index (χ1v) is 9.48. The minimum atomic E-state index is -0.608. The lowest BCUT2D eigenvalue weighted by Crippen LogP contribution is -2.49. The van der Waals surface area contributed by atoms with Crippen molar-refractivity contribution in [3.05, 3.63) is 82.4 Å². The molecule has 4 rings (SSSR count). The van der Waals surface area contributed by atoms with Crippen LogP contribution in [0.2, 0.25) is 0 Å². The van der Waals surface area contributed by atoms with Gasteiger partial charge in [-0.3, -0.25) is 9.59 Å². The number of rotatable bonds is 3. The summed E-state index contributed by atoms with van der Waals surface area (Å²) in [6.07, 6.45) is 2.33. The fraction of sp³-hybridized carbons (Fsp3) is 0.190. The van der Waals surface area contributed by atoms with Gasteiger partial charge in [0.1, 0.15) is 10.6 Å². The van der Waals surface area contributed by atoms with Crippen molar-refractivity contribution >= 4 is 23.9 Å². The van der Waals surface area contributed by atoms with Crippen molar-refractivity contribution in [3.63, 3.8) is 0 Å². The van der Waals surface area contributed by atoms with Gasteiger partial charge >= 0.3 is 0 Å². The normalized spacial score (nSPS) is 17.3. The maximum absolute atomic E-state index is 12.8. The maximum atomic E-state index is 12.8. The second-order valence-corrected chi connectivity index (χ2v) is 7.14. The van der Waals surface area contributed by atoms with Gasteiger partial charge < -0.3 is 15.2 Å². The van der Waals surface area contributed by atoms with E-state index in [0.29, 0.717) is 17.9 Å². The van der Waals surface area contributed by atoms with Gasteiger partial charge in [-0.25, -0.2) is 4.37 Å². The monoisotopic (exact) mass is 396 g/mol. The number of carbonyl (C=O) groups is 2. The van der Waals surface area contributed by atoms with Crippen LogP contribution in [0.4, 0.5) is 0 Å². The zero-order valence-corrected chi connectivity index (χ0v) is 16.1. The van der Waals surface area contributed by atoms with E-state index in [1.807, 2.05) is 24.3 Å². The molecule has 3 aromatic rings. The van der Waals surface area contributed by atoms with Crippen LogP contribution in [-0.4, -0.2) is 28.5 Å². The van der Waals surface area contributed by atoms with Crippen molar-refractivity contribution in [1.82, 2.24) is 9.69 Å². The van der Waals surface area contributed by atoms with E-state index in [2.05, 4.69) is 40.9 Å². The Balaban J connectivity index is 0.000000706. The molecule has 1 amide bonds. The lowest BCUT2D eigenvalue weighted by molar-refractivity contribution is -0.122. The van der Waals surface area contributed by atoms with E-state index in [4.69, 9.17) is 14.6 Å². The van der Waals surface area contributed by atoms with Crippen molar-refractivity contribution in [3.8, 4) is 5.75 Å². The van der Waals surface area contributed by atoms with Gasteiger partial charge in [-0.2, -0.15) is 0 Å². The van der Waals surface area contributed by atoms with Crippen molar-refractivity contribution in [2.75, 3.05) is 6.61 Å². The Labute approximate surface area is 167 Å².